The van der Waals surface area contributed by atoms with E-state index in [0.717, 1.165) is 10.9 Å². The molecule has 14 heteroatoms. The van der Waals surface area contributed by atoms with E-state index in [1.165, 1.54) is 12.5 Å². The Hall–Kier alpha value is -4.72. The van der Waals surface area contributed by atoms with Gasteiger partial charge in [0.2, 0.25) is 17.7 Å². The van der Waals surface area contributed by atoms with Crippen molar-refractivity contribution in [3.05, 3.63) is 54.2 Å². The maximum atomic E-state index is 13.0. The predicted molar refractivity (Wildman–Crippen MR) is 129 cm³/mol. The molecule has 1 aromatic carbocycles. The van der Waals surface area contributed by atoms with Crippen molar-refractivity contribution >= 4 is 40.6 Å². The Labute approximate surface area is 210 Å². The van der Waals surface area contributed by atoms with E-state index < -0.39 is 60.8 Å². The lowest BCUT2D eigenvalue weighted by atomic mass is 10.0. The van der Waals surface area contributed by atoms with Crippen molar-refractivity contribution in [2.45, 2.75) is 37.4 Å². The second-order valence-electron chi connectivity index (χ2n) is 8.28. The smallest absolute Gasteiger partial charge is 0.322 e. The van der Waals surface area contributed by atoms with Crippen molar-refractivity contribution in [3.8, 4) is 0 Å². The lowest BCUT2D eigenvalue weighted by molar-refractivity contribution is -0.141. The molecule has 2 aromatic heterocycles. The molecule has 3 amide bonds. The molecular formula is C23H27N7O7. The van der Waals surface area contributed by atoms with Gasteiger partial charge in [0.05, 0.1) is 18.8 Å². The first kappa shape index (κ1) is 26.9. The van der Waals surface area contributed by atoms with Gasteiger partial charge in [0.15, 0.2) is 0 Å². The highest BCUT2D eigenvalue weighted by Crippen LogP contribution is 2.19. The SMILES string of the molecule is NC(Cc1cnc[nH]1)C(=O)NC(CC(=O)O)C(=O)NC(Cc1c[nH]c2ccccc12)C(=O)NCC(=O)O. The molecule has 0 fully saturated rings. The quantitative estimate of drug-likeness (QED) is 0.135. The van der Waals surface area contributed by atoms with Gasteiger partial charge in [-0.1, -0.05) is 18.2 Å². The number of aromatic amines is 2. The molecular weight excluding hydrogens is 486 g/mol. The summed E-state index contributed by atoms with van der Waals surface area (Å²) in [6.07, 6.45) is 3.79. The number of carboxylic acids is 2. The zero-order valence-corrected chi connectivity index (χ0v) is 19.6. The predicted octanol–water partition coefficient (Wildman–Crippen LogP) is -1.35. The normalized spacial score (nSPS) is 13.3. The molecule has 3 atom stereocenters. The fraction of sp³-hybridized carbons (Fsp3) is 0.304. The van der Waals surface area contributed by atoms with E-state index in [2.05, 4.69) is 30.9 Å². The summed E-state index contributed by atoms with van der Waals surface area (Å²) in [5.74, 6) is -5.17. The molecule has 37 heavy (non-hydrogen) atoms. The van der Waals surface area contributed by atoms with Gasteiger partial charge in [0.1, 0.15) is 18.6 Å². The number of imidazole rings is 1. The number of hydrogen-bond donors (Lipinski definition) is 8. The van der Waals surface area contributed by atoms with Crippen LogP contribution >= 0.6 is 0 Å². The Morgan fingerprint density at radius 2 is 1.65 bits per heavy atom. The lowest BCUT2D eigenvalue weighted by Gasteiger charge is -2.23. The summed E-state index contributed by atoms with van der Waals surface area (Å²) in [4.78, 5) is 70.4. The molecule has 14 nitrogen and oxygen atoms in total. The number of nitrogens with zero attached hydrogens (tertiary/aromatic N) is 1. The highest BCUT2D eigenvalue weighted by atomic mass is 16.4. The molecule has 3 unspecified atom stereocenters. The molecule has 0 spiro atoms. The summed E-state index contributed by atoms with van der Waals surface area (Å²) >= 11 is 0. The Bertz CT molecular complexity index is 1270. The summed E-state index contributed by atoms with van der Waals surface area (Å²) in [5, 5.41) is 26.0. The van der Waals surface area contributed by atoms with Gasteiger partial charge in [0, 0.05) is 41.8 Å². The van der Waals surface area contributed by atoms with Crippen LogP contribution in [0.3, 0.4) is 0 Å². The number of benzene rings is 1. The number of aliphatic carboxylic acids is 2. The first-order chi connectivity index (χ1) is 17.6. The number of fused-ring (bicyclic) bond motifs is 1. The second-order valence-corrected chi connectivity index (χ2v) is 8.28. The number of nitrogens with one attached hydrogen (secondary N) is 5. The Balaban J connectivity index is 1.76. The minimum absolute atomic E-state index is 0.0335. The van der Waals surface area contributed by atoms with Gasteiger partial charge in [-0.15, -0.1) is 0 Å². The minimum Gasteiger partial charge on any atom is -0.481 e. The first-order valence-electron chi connectivity index (χ1n) is 11.2. The van der Waals surface area contributed by atoms with Crippen LogP contribution in [-0.2, 0) is 36.8 Å². The summed E-state index contributed by atoms with van der Waals surface area (Å²) in [7, 11) is 0. The fourth-order valence-electron chi connectivity index (χ4n) is 3.68. The van der Waals surface area contributed by atoms with Gasteiger partial charge in [-0.3, -0.25) is 24.0 Å². The monoisotopic (exact) mass is 513 g/mol. The zero-order chi connectivity index (χ0) is 26.9. The van der Waals surface area contributed by atoms with Crippen LogP contribution in [-0.4, -0.2) is 79.5 Å². The fourth-order valence-corrected chi connectivity index (χ4v) is 3.68. The number of H-pyrrole nitrogens is 2. The number of hydrogen-bond acceptors (Lipinski definition) is 7. The molecule has 2 heterocycles. The van der Waals surface area contributed by atoms with Crippen LogP contribution in [0.5, 0.6) is 0 Å². The van der Waals surface area contributed by atoms with Gasteiger partial charge in [-0.2, -0.15) is 0 Å². The van der Waals surface area contributed by atoms with Crippen molar-refractivity contribution in [2.75, 3.05) is 6.54 Å². The number of para-hydroxylation sites is 1. The van der Waals surface area contributed by atoms with Crippen LogP contribution in [0.4, 0.5) is 0 Å². The largest absolute Gasteiger partial charge is 0.481 e. The number of amides is 3. The number of carbonyl (C=O) groups excluding carboxylic acids is 3. The molecule has 196 valence electrons. The number of aromatic nitrogens is 3. The van der Waals surface area contributed by atoms with Crippen LogP contribution in [0.1, 0.15) is 17.7 Å². The Morgan fingerprint density at radius 1 is 0.919 bits per heavy atom. The molecule has 0 radical (unpaired) electrons. The van der Waals surface area contributed by atoms with E-state index in [1.54, 1.807) is 12.3 Å². The van der Waals surface area contributed by atoms with E-state index in [1.807, 2.05) is 18.2 Å². The van der Waals surface area contributed by atoms with Crippen LogP contribution in [0, 0.1) is 0 Å². The third kappa shape index (κ3) is 7.63. The number of rotatable bonds is 13. The maximum Gasteiger partial charge on any atom is 0.322 e. The van der Waals surface area contributed by atoms with Crippen molar-refractivity contribution in [1.29, 1.82) is 0 Å². The van der Waals surface area contributed by atoms with Crippen molar-refractivity contribution < 1.29 is 34.2 Å². The van der Waals surface area contributed by atoms with E-state index in [0.29, 0.717) is 11.3 Å². The first-order valence-corrected chi connectivity index (χ1v) is 11.2. The topological polar surface area (TPSA) is 232 Å². The van der Waals surface area contributed by atoms with Gasteiger partial charge in [-0.25, -0.2) is 4.98 Å². The van der Waals surface area contributed by atoms with E-state index in [9.17, 15) is 29.1 Å². The van der Waals surface area contributed by atoms with Crippen molar-refractivity contribution in [2.24, 2.45) is 5.73 Å². The molecule has 0 saturated heterocycles. The van der Waals surface area contributed by atoms with Gasteiger partial charge in [0.25, 0.3) is 0 Å². The van der Waals surface area contributed by atoms with E-state index >= 15 is 0 Å². The van der Waals surface area contributed by atoms with Crippen LogP contribution in [0.15, 0.2) is 43.0 Å². The van der Waals surface area contributed by atoms with Gasteiger partial charge < -0.3 is 41.9 Å². The zero-order valence-electron chi connectivity index (χ0n) is 19.6. The van der Waals surface area contributed by atoms with E-state index in [-0.39, 0.29) is 12.8 Å². The number of nitrogens with two attached hydrogens (primary N) is 1. The summed E-state index contributed by atoms with van der Waals surface area (Å²) in [5.41, 5.74) is 7.90. The number of carbonyl (C=O) groups is 5. The van der Waals surface area contributed by atoms with Crippen LogP contribution < -0.4 is 21.7 Å². The molecule has 9 N–H and O–H groups in total. The standard InChI is InChI=1S/C23H27N7O7/c24-15(6-13-9-25-11-28-13)21(35)29-18(7-19(31)32)23(37)30-17(22(36)27-10-20(33)34)5-12-8-26-16-4-2-1-3-14(12)16/h1-4,8-9,11,15,17-18,26H,5-7,10,24H2,(H,25,28)(H,27,36)(H,29,35)(H,30,37)(H,31,32)(H,33,34). The van der Waals surface area contributed by atoms with Crippen molar-refractivity contribution in [1.82, 2.24) is 30.9 Å². The van der Waals surface area contributed by atoms with Crippen molar-refractivity contribution in [3.63, 3.8) is 0 Å². The van der Waals surface area contributed by atoms with Crippen LogP contribution in [0.2, 0.25) is 0 Å². The third-order valence-electron chi connectivity index (χ3n) is 5.49. The Kier molecular flexibility index (Phi) is 8.94. The Morgan fingerprint density at radius 3 is 2.32 bits per heavy atom. The summed E-state index contributed by atoms with van der Waals surface area (Å²) in [6, 6.07) is 3.32. The molecule has 0 bridgehead atoms. The van der Waals surface area contributed by atoms with E-state index in [4.69, 9.17) is 10.8 Å². The average molecular weight is 514 g/mol. The highest BCUT2D eigenvalue weighted by Gasteiger charge is 2.30. The molecule has 0 saturated carbocycles. The second kappa shape index (κ2) is 12.3. The lowest BCUT2D eigenvalue weighted by Crippen LogP contribution is -2.57. The summed E-state index contributed by atoms with van der Waals surface area (Å²) in [6.45, 7) is -0.684. The molecule has 3 rings (SSSR count). The summed E-state index contributed by atoms with van der Waals surface area (Å²) < 4.78 is 0. The number of carboxylic acid groups (broad SMARTS) is 2. The van der Waals surface area contributed by atoms with Gasteiger partial charge in [-0.05, 0) is 11.6 Å². The molecule has 3 aromatic rings. The average Bonchev–Trinajstić information content (AvgIpc) is 3.51. The van der Waals surface area contributed by atoms with Gasteiger partial charge >= 0.3 is 11.9 Å². The minimum atomic E-state index is -1.55. The molecule has 0 aliphatic heterocycles. The highest BCUT2D eigenvalue weighted by molar-refractivity contribution is 5.96. The maximum absolute atomic E-state index is 13.0. The van der Waals surface area contributed by atoms with Crippen LogP contribution in [0.25, 0.3) is 10.9 Å². The third-order valence-corrected chi connectivity index (χ3v) is 5.49. The molecule has 0 aliphatic rings. The molecule has 0 aliphatic carbocycles.